The molecule has 3 aromatic rings. The van der Waals surface area contributed by atoms with Crippen LogP contribution in [0.25, 0.3) is 0 Å². The third-order valence-electron chi connectivity index (χ3n) is 4.25. The molecule has 1 heterocycles. The second kappa shape index (κ2) is 10.2. The zero-order valence-electron chi connectivity index (χ0n) is 15.8. The van der Waals surface area contributed by atoms with E-state index < -0.39 is 6.10 Å². The van der Waals surface area contributed by atoms with Crippen LogP contribution in [0.15, 0.2) is 71.3 Å². The van der Waals surface area contributed by atoms with E-state index in [0.717, 1.165) is 17.1 Å². The van der Waals surface area contributed by atoms with Crippen LogP contribution in [0, 0.1) is 0 Å². The number of furan rings is 1. The molecule has 2 aromatic carbocycles. The number of methoxy groups -OCH3 is 1. The van der Waals surface area contributed by atoms with Crippen molar-refractivity contribution in [2.24, 2.45) is 0 Å². The molecular formula is C22H24ClNO4. The summed E-state index contributed by atoms with van der Waals surface area (Å²) in [5.41, 5.74) is 1.11. The number of halogens is 1. The normalized spacial score (nSPS) is 12.1. The maximum atomic E-state index is 10.5. The SMILES string of the molecule is COc1ccc(OC[C@@H](O)CN(Cc2ccc(Cl)cc2)Cc2ccco2)cc1. The minimum Gasteiger partial charge on any atom is -0.497 e. The lowest BCUT2D eigenvalue weighted by atomic mass is 10.2. The summed E-state index contributed by atoms with van der Waals surface area (Å²) < 4.78 is 16.3. The zero-order chi connectivity index (χ0) is 19.8. The smallest absolute Gasteiger partial charge is 0.119 e. The highest BCUT2D eigenvalue weighted by Crippen LogP contribution is 2.18. The Labute approximate surface area is 170 Å². The van der Waals surface area contributed by atoms with Gasteiger partial charge in [-0.1, -0.05) is 23.7 Å². The minimum absolute atomic E-state index is 0.196. The summed E-state index contributed by atoms with van der Waals surface area (Å²) in [6.45, 7) is 1.90. The molecule has 0 saturated carbocycles. The van der Waals surface area contributed by atoms with Crippen molar-refractivity contribution in [3.63, 3.8) is 0 Å². The minimum atomic E-state index is -0.649. The van der Waals surface area contributed by atoms with Crippen molar-refractivity contribution in [2.45, 2.75) is 19.2 Å². The first-order valence-electron chi connectivity index (χ1n) is 9.06. The Morgan fingerprint density at radius 3 is 2.36 bits per heavy atom. The molecule has 0 bridgehead atoms. The number of hydrogen-bond acceptors (Lipinski definition) is 5. The third kappa shape index (κ3) is 6.30. The van der Waals surface area contributed by atoms with Crippen LogP contribution < -0.4 is 9.47 Å². The van der Waals surface area contributed by atoms with Gasteiger partial charge in [-0.25, -0.2) is 0 Å². The monoisotopic (exact) mass is 401 g/mol. The summed E-state index contributed by atoms with van der Waals surface area (Å²) in [7, 11) is 1.62. The lowest BCUT2D eigenvalue weighted by molar-refractivity contribution is 0.0604. The molecule has 6 heteroatoms. The number of hydrogen-bond donors (Lipinski definition) is 1. The first-order valence-corrected chi connectivity index (χ1v) is 9.44. The van der Waals surface area contributed by atoms with Crippen LogP contribution in [0.5, 0.6) is 11.5 Å². The average Bonchev–Trinajstić information content (AvgIpc) is 3.21. The molecule has 0 amide bonds. The first kappa shape index (κ1) is 20.3. The molecule has 0 spiro atoms. The number of rotatable bonds is 10. The summed E-state index contributed by atoms with van der Waals surface area (Å²) in [5.74, 6) is 2.30. The molecule has 1 atom stereocenters. The van der Waals surface area contributed by atoms with Gasteiger partial charge in [0.25, 0.3) is 0 Å². The van der Waals surface area contributed by atoms with Crippen LogP contribution in [0.1, 0.15) is 11.3 Å². The van der Waals surface area contributed by atoms with Crippen molar-refractivity contribution in [1.29, 1.82) is 0 Å². The van der Waals surface area contributed by atoms with Crippen LogP contribution in [0.3, 0.4) is 0 Å². The number of nitrogens with zero attached hydrogens (tertiary/aromatic N) is 1. The van der Waals surface area contributed by atoms with Crippen LogP contribution in [0.2, 0.25) is 5.02 Å². The van der Waals surface area contributed by atoms with Gasteiger partial charge >= 0.3 is 0 Å². The maximum absolute atomic E-state index is 10.5. The van der Waals surface area contributed by atoms with Gasteiger partial charge in [0.15, 0.2) is 0 Å². The molecule has 0 fully saturated rings. The molecule has 0 unspecified atom stereocenters. The highest BCUT2D eigenvalue weighted by Gasteiger charge is 2.15. The first-order chi connectivity index (χ1) is 13.6. The molecule has 3 rings (SSSR count). The van der Waals surface area contributed by atoms with E-state index in [1.165, 1.54) is 0 Å². The average molecular weight is 402 g/mol. The molecule has 0 saturated heterocycles. The largest absolute Gasteiger partial charge is 0.497 e. The van der Waals surface area contributed by atoms with Crippen molar-refractivity contribution in [3.05, 3.63) is 83.3 Å². The zero-order valence-corrected chi connectivity index (χ0v) is 16.5. The highest BCUT2D eigenvalue weighted by atomic mass is 35.5. The van der Waals surface area contributed by atoms with Crippen molar-refractivity contribution in [3.8, 4) is 11.5 Å². The summed E-state index contributed by atoms with van der Waals surface area (Å²) in [4.78, 5) is 2.12. The van der Waals surface area contributed by atoms with Gasteiger partial charge in [-0.15, -0.1) is 0 Å². The van der Waals surface area contributed by atoms with E-state index in [1.54, 1.807) is 13.4 Å². The van der Waals surface area contributed by atoms with Crippen molar-refractivity contribution >= 4 is 11.6 Å². The quantitative estimate of drug-likeness (QED) is 0.546. The molecule has 0 radical (unpaired) electrons. The highest BCUT2D eigenvalue weighted by molar-refractivity contribution is 6.30. The van der Waals surface area contributed by atoms with E-state index in [-0.39, 0.29) is 6.61 Å². The summed E-state index contributed by atoms with van der Waals surface area (Å²) in [5, 5.41) is 11.2. The fourth-order valence-electron chi connectivity index (χ4n) is 2.87. The fraction of sp³-hybridized carbons (Fsp3) is 0.273. The van der Waals surface area contributed by atoms with Crippen LogP contribution in [-0.2, 0) is 13.1 Å². The second-order valence-electron chi connectivity index (χ2n) is 6.52. The van der Waals surface area contributed by atoms with E-state index >= 15 is 0 Å². The number of benzene rings is 2. The van der Waals surface area contributed by atoms with Gasteiger partial charge < -0.3 is 19.0 Å². The predicted molar refractivity (Wildman–Crippen MR) is 109 cm³/mol. The van der Waals surface area contributed by atoms with E-state index in [2.05, 4.69) is 4.90 Å². The van der Waals surface area contributed by atoms with Gasteiger partial charge in [0.1, 0.15) is 30.0 Å². The number of aliphatic hydroxyl groups is 1. The Morgan fingerprint density at radius 2 is 1.71 bits per heavy atom. The second-order valence-corrected chi connectivity index (χ2v) is 6.95. The van der Waals surface area contributed by atoms with Crippen molar-refractivity contribution in [2.75, 3.05) is 20.3 Å². The van der Waals surface area contributed by atoms with E-state index in [0.29, 0.717) is 30.4 Å². The Balaban J connectivity index is 1.57. The van der Waals surface area contributed by atoms with Crippen molar-refractivity contribution < 1.29 is 19.0 Å². The van der Waals surface area contributed by atoms with E-state index in [9.17, 15) is 5.11 Å². The van der Waals surface area contributed by atoms with Gasteiger partial charge in [-0.3, -0.25) is 4.90 Å². The van der Waals surface area contributed by atoms with Crippen LogP contribution >= 0.6 is 11.6 Å². The van der Waals surface area contributed by atoms with Crippen molar-refractivity contribution in [1.82, 2.24) is 4.90 Å². The molecule has 1 aromatic heterocycles. The number of ether oxygens (including phenoxy) is 2. The fourth-order valence-corrected chi connectivity index (χ4v) is 3.00. The Bertz CT molecular complexity index is 819. The Kier molecular flexibility index (Phi) is 7.37. The summed E-state index contributed by atoms with van der Waals surface area (Å²) >= 11 is 5.97. The molecule has 5 nitrogen and oxygen atoms in total. The maximum Gasteiger partial charge on any atom is 0.119 e. The molecule has 28 heavy (non-hydrogen) atoms. The van der Waals surface area contributed by atoms with Gasteiger partial charge in [0.2, 0.25) is 0 Å². The van der Waals surface area contributed by atoms with Gasteiger partial charge in [-0.05, 0) is 54.1 Å². The number of aliphatic hydroxyl groups excluding tert-OH is 1. The standard InChI is InChI=1S/C22H24ClNO4/c1-26-20-8-10-21(11-9-20)28-16-19(25)14-24(15-22-3-2-12-27-22)13-17-4-6-18(23)7-5-17/h2-12,19,25H,13-16H2,1H3/t19-/m0/s1. The van der Waals surface area contributed by atoms with Gasteiger partial charge in [-0.2, -0.15) is 0 Å². The van der Waals surface area contributed by atoms with E-state index in [1.807, 2.05) is 60.7 Å². The summed E-state index contributed by atoms with van der Waals surface area (Å²) in [6.07, 6.45) is 1.00. The molecule has 0 aliphatic rings. The van der Waals surface area contributed by atoms with Gasteiger partial charge in [0.05, 0.1) is 19.9 Å². The topological polar surface area (TPSA) is 55.1 Å². The van der Waals surface area contributed by atoms with Gasteiger partial charge in [0, 0.05) is 18.1 Å². The lowest BCUT2D eigenvalue weighted by Crippen LogP contribution is -2.35. The molecule has 1 N–H and O–H groups in total. The molecule has 0 aliphatic heterocycles. The summed E-state index contributed by atoms with van der Waals surface area (Å²) in [6, 6.07) is 18.8. The molecule has 148 valence electrons. The predicted octanol–water partition coefficient (Wildman–Crippen LogP) is 4.38. The van der Waals surface area contributed by atoms with Crippen LogP contribution in [0.4, 0.5) is 0 Å². The molecular weight excluding hydrogens is 378 g/mol. The van der Waals surface area contributed by atoms with E-state index in [4.69, 9.17) is 25.5 Å². The molecule has 0 aliphatic carbocycles. The lowest BCUT2D eigenvalue weighted by Gasteiger charge is -2.24. The Hall–Kier alpha value is -2.47. The van der Waals surface area contributed by atoms with Crippen LogP contribution in [-0.4, -0.2) is 36.4 Å². The Morgan fingerprint density at radius 1 is 1.00 bits per heavy atom. The third-order valence-corrected chi connectivity index (χ3v) is 4.50.